The van der Waals surface area contributed by atoms with E-state index < -0.39 is 0 Å². The minimum absolute atomic E-state index is 0.350. The fourth-order valence-electron chi connectivity index (χ4n) is 4.57. The summed E-state index contributed by atoms with van der Waals surface area (Å²) in [5.41, 5.74) is 0.350. The summed E-state index contributed by atoms with van der Waals surface area (Å²) in [7, 11) is 0. The van der Waals surface area contributed by atoms with Gasteiger partial charge in [0.1, 0.15) is 0 Å². The van der Waals surface area contributed by atoms with Crippen molar-refractivity contribution in [2.45, 2.75) is 65.0 Å². The average Bonchev–Trinajstić information content (AvgIpc) is 2.78. The first-order chi connectivity index (χ1) is 8.59. The lowest BCUT2D eigenvalue weighted by atomic mass is 9.57. The SMILES string of the molecule is CC1CCC(CNC2C3CCOC3C2(C)C)CC1. The van der Waals surface area contributed by atoms with Crippen LogP contribution in [0.25, 0.3) is 0 Å². The normalized spacial score (nSPS) is 46.5. The molecule has 104 valence electrons. The van der Waals surface area contributed by atoms with E-state index in [0.717, 1.165) is 24.4 Å². The van der Waals surface area contributed by atoms with E-state index in [1.54, 1.807) is 0 Å². The van der Waals surface area contributed by atoms with Crippen LogP contribution in [0.1, 0.15) is 52.9 Å². The Balaban J connectivity index is 1.48. The highest BCUT2D eigenvalue weighted by Gasteiger charge is 2.58. The zero-order valence-electron chi connectivity index (χ0n) is 12.2. The van der Waals surface area contributed by atoms with Gasteiger partial charge in [-0.2, -0.15) is 0 Å². The Bertz CT molecular complexity index is 293. The van der Waals surface area contributed by atoms with Gasteiger partial charge in [0.25, 0.3) is 0 Å². The van der Waals surface area contributed by atoms with E-state index in [2.05, 4.69) is 26.1 Å². The fourth-order valence-corrected chi connectivity index (χ4v) is 4.57. The zero-order chi connectivity index (χ0) is 12.8. The van der Waals surface area contributed by atoms with Gasteiger partial charge in [0.05, 0.1) is 6.10 Å². The molecule has 0 bridgehead atoms. The summed E-state index contributed by atoms with van der Waals surface area (Å²) in [6, 6.07) is 0.698. The van der Waals surface area contributed by atoms with Crippen LogP contribution in [0.5, 0.6) is 0 Å². The van der Waals surface area contributed by atoms with E-state index >= 15 is 0 Å². The van der Waals surface area contributed by atoms with Gasteiger partial charge in [-0.05, 0) is 37.6 Å². The van der Waals surface area contributed by atoms with Crippen molar-refractivity contribution in [2.24, 2.45) is 23.2 Å². The molecule has 3 rings (SSSR count). The Morgan fingerprint density at radius 3 is 2.56 bits per heavy atom. The smallest absolute Gasteiger partial charge is 0.0685 e. The first-order valence-corrected chi connectivity index (χ1v) is 7.94. The molecule has 1 aliphatic heterocycles. The Morgan fingerprint density at radius 1 is 1.11 bits per heavy atom. The minimum atomic E-state index is 0.350. The molecule has 0 aromatic carbocycles. The van der Waals surface area contributed by atoms with Crippen molar-refractivity contribution < 1.29 is 4.74 Å². The largest absolute Gasteiger partial charge is 0.377 e. The first-order valence-electron chi connectivity index (χ1n) is 7.94. The number of ether oxygens (including phenoxy) is 1. The molecule has 3 atom stereocenters. The Hall–Kier alpha value is -0.0800. The molecule has 3 unspecified atom stereocenters. The van der Waals surface area contributed by atoms with Crippen LogP contribution >= 0.6 is 0 Å². The second-order valence-electron chi connectivity index (χ2n) is 7.58. The van der Waals surface area contributed by atoms with Gasteiger partial charge in [-0.3, -0.25) is 0 Å². The van der Waals surface area contributed by atoms with E-state index in [-0.39, 0.29) is 0 Å². The summed E-state index contributed by atoms with van der Waals surface area (Å²) in [6.45, 7) is 9.38. The van der Waals surface area contributed by atoms with E-state index in [4.69, 9.17) is 4.74 Å². The number of nitrogens with one attached hydrogen (secondary N) is 1. The number of fused-ring (bicyclic) bond motifs is 1. The van der Waals surface area contributed by atoms with E-state index in [9.17, 15) is 0 Å². The standard InChI is InChI=1S/C16H29NO/c1-11-4-6-12(7-5-11)10-17-14-13-8-9-18-15(13)16(14,2)3/h11-15,17H,4-10H2,1-3H3. The molecule has 3 aliphatic rings. The molecular weight excluding hydrogens is 222 g/mol. The molecule has 2 heteroatoms. The van der Waals surface area contributed by atoms with Gasteiger partial charge in [-0.25, -0.2) is 0 Å². The molecule has 1 heterocycles. The molecule has 18 heavy (non-hydrogen) atoms. The molecule has 0 aromatic rings. The molecule has 2 aliphatic carbocycles. The lowest BCUT2D eigenvalue weighted by Crippen LogP contribution is -2.66. The van der Waals surface area contributed by atoms with E-state index in [0.29, 0.717) is 17.6 Å². The van der Waals surface area contributed by atoms with Crippen molar-refractivity contribution in [3.8, 4) is 0 Å². The van der Waals surface area contributed by atoms with Crippen LogP contribution in [0.2, 0.25) is 0 Å². The van der Waals surface area contributed by atoms with Crippen molar-refractivity contribution in [2.75, 3.05) is 13.2 Å². The Labute approximate surface area is 112 Å². The number of rotatable bonds is 3. The van der Waals surface area contributed by atoms with Crippen molar-refractivity contribution in [3.63, 3.8) is 0 Å². The van der Waals surface area contributed by atoms with Crippen LogP contribution in [0, 0.1) is 23.2 Å². The summed E-state index contributed by atoms with van der Waals surface area (Å²) in [5.74, 6) is 2.69. The molecule has 2 saturated carbocycles. The van der Waals surface area contributed by atoms with Gasteiger partial charge in [0.15, 0.2) is 0 Å². The Morgan fingerprint density at radius 2 is 1.83 bits per heavy atom. The maximum absolute atomic E-state index is 5.86. The average molecular weight is 251 g/mol. The van der Waals surface area contributed by atoms with Gasteiger partial charge < -0.3 is 10.1 Å². The second kappa shape index (κ2) is 4.79. The van der Waals surface area contributed by atoms with Crippen molar-refractivity contribution in [1.29, 1.82) is 0 Å². The third-order valence-electron chi connectivity index (χ3n) is 5.86. The number of hydrogen-bond acceptors (Lipinski definition) is 2. The molecular formula is C16H29NO. The maximum atomic E-state index is 5.86. The summed E-state index contributed by atoms with van der Waals surface area (Å²) >= 11 is 0. The molecule has 3 fully saturated rings. The topological polar surface area (TPSA) is 21.3 Å². The van der Waals surface area contributed by atoms with E-state index in [1.807, 2.05) is 0 Å². The van der Waals surface area contributed by atoms with Gasteiger partial charge in [0.2, 0.25) is 0 Å². The molecule has 0 spiro atoms. The fraction of sp³-hybridized carbons (Fsp3) is 1.00. The second-order valence-corrected chi connectivity index (χ2v) is 7.58. The first kappa shape index (κ1) is 12.9. The molecule has 0 amide bonds. The Kier molecular flexibility index (Phi) is 3.44. The molecule has 1 saturated heterocycles. The van der Waals surface area contributed by atoms with Crippen molar-refractivity contribution >= 4 is 0 Å². The predicted molar refractivity (Wildman–Crippen MR) is 74.5 cm³/mol. The minimum Gasteiger partial charge on any atom is -0.377 e. The van der Waals surface area contributed by atoms with E-state index in [1.165, 1.54) is 38.6 Å². The van der Waals surface area contributed by atoms with Crippen LogP contribution in [0.4, 0.5) is 0 Å². The highest BCUT2D eigenvalue weighted by Crippen LogP contribution is 2.52. The molecule has 0 aromatic heterocycles. The third-order valence-corrected chi connectivity index (χ3v) is 5.86. The van der Waals surface area contributed by atoms with Gasteiger partial charge >= 0.3 is 0 Å². The zero-order valence-corrected chi connectivity index (χ0v) is 12.2. The van der Waals surface area contributed by atoms with Crippen LogP contribution < -0.4 is 5.32 Å². The maximum Gasteiger partial charge on any atom is 0.0685 e. The lowest BCUT2D eigenvalue weighted by Gasteiger charge is -2.55. The predicted octanol–water partition coefficient (Wildman–Crippen LogP) is 3.22. The van der Waals surface area contributed by atoms with Crippen LogP contribution in [-0.4, -0.2) is 25.3 Å². The number of hydrogen-bond donors (Lipinski definition) is 1. The van der Waals surface area contributed by atoms with Crippen LogP contribution in [0.3, 0.4) is 0 Å². The molecule has 1 N–H and O–H groups in total. The summed E-state index contributed by atoms with van der Waals surface area (Å²) in [4.78, 5) is 0. The molecule has 2 nitrogen and oxygen atoms in total. The summed E-state index contributed by atoms with van der Waals surface area (Å²) < 4.78 is 5.86. The van der Waals surface area contributed by atoms with Crippen LogP contribution in [-0.2, 0) is 4.74 Å². The highest BCUT2D eigenvalue weighted by atomic mass is 16.5. The molecule has 0 radical (unpaired) electrons. The van der Waals surface area contributed by atoms with Gasteiger partial charge in [0, 0.05) is 24.0 Å². The quantitative estimate of drug-likeness (QED) is 0.831. The lowest BCUT2D eigenvalue weighted by molar-refractivity contribution is -0.113. The van der Waals surface area contributed by atoms with Gasteiger partial charge in [-0.15, -0.1) is 0 Å². The third kappa shape index (κ3) is 2.12. The summed E-state index contributed by atoms with van der Waals surface area (Å²) in [5, 5.41) is 3.89. The summed E-state index contributed by atoms with van der Waals surface area (Å²) in [6.07, 6.45) is 7.55. The monoisotopic (exact) mass is 251 g/mol. The van der Waals surface area contributed by atoms with Gasteiger partial charge in [-0.1, -0.05) is 33.6 Å². The van der Waals surface area contributed by atoms with Crippen molar-refractivity contribution in [3.05, 3.63) is 0 Å². The highest BCUT2D eigenvalue weighted by molar-refractivity contribution is 5.11. The van der Waals surface area contributed by atoms with Crippen LogP contribution in [0.15, 0.2) is 0 Å². The van der Waals surface area contributed by atoms with Crippen molar-refractivity contribution in [1.82, 2.24) is 5.32 Å².